The number of nitrogens with zero attached hydrogens (tertiary/aromatic N) is 1. The first kappa shape index (κ1) is 17.0. The first-order valence-electron chi connectivity index (χ1n) is 8.79. The van der Waals surface area contributed by atoms with Gasteiger partial charge in [0.05, 0.1) is 5.69 Å². The molecule has 1 N–H and O–H groups in total. The highest BCUT2D eigenvalue weighted by Gasteiger charge is 2.43. The average molecular weight is 330 g/mol. The summed E-state index contributed by atoms with van der Waals surface area (Å²) in [4.78, 5) is 26.6. The summed E-state index contributed by atoms with van der Waals surface area (Å²) in [5.41, 5.74) is 0.852. The molecule has 2 amide bonds. The van der Waals surface area contributed by atoms with E-state index in [1.54, 1.807) is 26.8 Å². The molecular weight excluding hydrogens is 304 g/mol. The van der Waals surface area contributed by atoms with Gasteiger partial charge in [0.25, 0.3) is 5.91 Å². The van der Waals surface area contributed by atoms with Crippen molar-refractivity contribution in [1.82, 2.24) is 5.32 Å². The highest BCUT2D eigenvalue weighted by molar-refractivity contribution is 6.19. The van der Waals surface area contributed by atoms with E-state index in [9.17, 15) is 9.59 Å². The van der Waals surface area contributed by atoms with Gasteiger partial charge in [-0.1, -0.05) is 37.5 Å². The molecule has 24 heavy (non-hydrogen) atoms. The molecule has 0 saturated heterocycles. The molecule has 1 fully saturated rings. The third kappa shape index (κ3) is 3.46. The first-order chi connectivity index (χ1) is 11.4. The number of carbonyl (C=O) groups is 2. The van der Waals surface area contributed by atoms with Gasteiger partial charge < -0.3 is 4.74 Å². The minimum Gasteiger partial charge on any atom is -0.443 e. The summed E-state index contributed by atoms with van der Waals surface area (Å²) < 4.78 is 5.43. The van der Waals surface area contributed by atoms with Crippen LogP contribution in [0.4, 0.5) is 10.5 Å². The van der Waals surface area contributed by atoms with Gasteiger partial charge in [-0.2, -0.15) is 0 Å². The largest absolute Gasteiger partial charge is 0.443 e. The number of para-hydroxylation sites is 1. The Balaban J connectivity index is 1.84. The average Bonchev–Trinajstić information content (AvgIpc) is 2.79. The summed E-state index contributed by atoms with van der Waals surface area (Å²) in [6.45, 7) is 5.40. The number of ether oxygens (including phenoxy) is 1. The molecule has 1 aliphatic carbocycles. The Morgan fingerprint density at radius 2 is 1.83 bits per heavy atom. The SMILES string of the molecule is CC(C)(C)OC(=O)N1C(=O)C(NC2CCCCC2)c2ccccc21. The molecule has 0 bridgehead atoms. The highest BCUT2D eigenvalue weighted by atomic mass is 16.6. The summed E-state index contributed by atoms with van der Waals surface area (Å²) in [5, 5.41) is 3.47. The Labute approximate surface area is 143 Å². The number of amides is 2. The van der Waals surface area contributed by atoms with Gasteiger partial charge in [-0.25, -0.2) is 9.69 Å². The van der Waals surface area contributed by atoms with Crippen molar-refractivity contribution in [3.05, 3.63) is 29.8 Å². The Hall–Kier alpha value is -1.88. The molecular formula is C19H26N2O3. The second-order valence-corrected chi connectivity index (χ2v) is 7.65. The molecule has 1 unspecified atom stereocenters. The summed E-state index contributed by atoms with van der Waals surface area (Å²) in [5.74, 6) is -0.240. The number of anilines is 1. The molecule has 0 radical (unpaired) electrons. The van der Waals surface area contributed by atoms with Crippen molar-refractivity contribution in [3.63, 3.8) is 0 Å². The monoisotopic (exact) mass is 330 g/mol. The van der Waals surface area contributed by atoms with Crippen LogP contribution in [0.2, 0.25) is 0 Å². The molecule has 1 aromatic carbocycles. The topological polar surface area (TPSA) is 58.6 Å². The van der Waals surface area contributed by atoms with Crippen LogP contribution in [0.25, 0.3) is 0 Å². The third-order valence-electron chi connectivity index (χ3n) is 4.54. The van der Waals surface area contributed by atoms with Crippen LogP contribution in [-0.4, -0.2) is 23.6 Å². The lowest BCUT2D eigenvalue weighted by atomic mass is 9.94. The molecule has 5 heteroatoms. The van der Waals surface area contributed by atoms with Crippen LogP contribution in [0.1, 0.15) is 64.5 Å². The minimum absolute atomic E-state index is 0.240. The lowest BCUT2D eigenvalue weighted by Crippen LogP contribution is -2.44. The Kier molecular flexibility index (Phi) is 4.63. The number of benzene rings is 1. The van der Waals surface area contributed by atoms with Gasteiger partial charge >= 0.3 is 6.09 Å². The van der Waals surface area contributed by atoms with Crippen LogP contribution in [0.5, 0.6) is 0 Å². The molecule has 0 spiro atoms. The first-order valence-corrected chi connectivity index (χ1v) is 8.79. The number of nitrogens with one attached hydrogen (secondary N) is 1. The Morgan fingerprint density at radius 3 is 2.50 bits per heavy atom. The molecule has 5 nitrogen and oxygen atoms in total. The Morgan fingerprint density at radius 1 is 1.17 bits per heavy atom. The summed E-state index contributed by atoms with van der Waals surface area (Å²) in [7, 11) is 0. The van der Waals surface area contributed by atoms with E-state index in [-0.39, 0.29) is 5.91 Å². The maximum Gasteiger partial charge on any atom is 0.421 e. The van der Waals surface area contributed by atoms with Gasteiger partial charge in [-0.05, 0) is 39.7 Å². The number of fused-ring (bicyclic) bond motifs is 1. The molecule has 1 aliphatic heterocycles. The van der Waals surface area contributed by atoms with Crippen molar-refractivity contribution >= 4 is 17.7 Å². The molecule has 2 aliphatic rings. The number of imide groups is 1. The zero-order valence-corrected chi connectivity index (χ0v) is 14.7. The quantitative estimate of drug-likeness (QED) is 0.892. The van der Waals surface area contributed by atoms with Crippen molar-refractivity contribution in [2.75, 3.05) is 4.90 Å². The van der Waals surface area contributed by atoms with Crippen LogP contribution in [0, 0.1) is 0 Å². The van der Waals surface area contributed by atoms with E-state index < -0.39 is 17.7 Å². The smallest absolute Gasteiger partial charge is 0.421 e. The summed E-state index contributed by atoms with van der Waals surface area (Å²) in [6.07, 6.45) is 5.20. The van der Waals surface area contributed by atoms with Crippen molar-refractivity contribution < 1.29 is 14.3 Å². The fourth-order valence-corrected chi connectivity index (χ4v) is 3.48. The van der Waals surface area contributed by atoms with E-state index in [1.165, 1.54) is 24.2 Å². The van der Waals surface area contributed by atoms with Crippen molar-refractivity contribution in [1.29, 1.82) is 0 Å². The van der Waals surface area contributed by atoms with Crippen LogP contribution >= 0.6 is 0 Å². The van der Waals surface area contributed by atoms with Crippen molar-refractivity contribution in [2.24, 2.45) is 0 Å². The van der Waals surface area contributed by atoms with Gasteiger partial charge in [-0.15, -0.1) is 0 Å². The van der Waals surface area contributed by atoms with E-state index in [4.69, 9.17) is 4.74 Å². The second kappa shape index (κ2) is 6.55. The molecule has 1 heterocycles. The van der Waals surface area contributed by atoms with Crippen molar-refractivity contribution in [3.8, 4) is 0 Å². The lowest BCUT2D eigenvalue weighted by molar-refractivity contribution is -0.120. The molecule has 130 valence electrons. The zero-order chi connectivity index (χ0) is 17.3. The second-order valence-electron chi connectivity index (χ2n) is 7.65. The number of hydrogen-bond donors (Lipinski definition) is 1. The van der Waals surface area contributed by atoms with E-state index >= 15 is 0 Å². The fraction of sp³-hybridized carbons (Fsp3) is 0.579. The predicted octanol–water partition coefficient (Wildman–Crippen LogP) is 3.93. The van der Waals surface area contributed by atoms with Crippen LogP contribution in [0.3, 0.4) is 0 Å². The maximum absolute atomic E-state index is 12.9. The minimum atomic E-state index is -0.638. The van der Waals surface area contributed by atoms with E-state index in [0.29, 0.717) is 11.7 Å². The fourth-order valence-electron chi connectivity index (χ4n) is 3.48. The maximum atomic E-state index is 12.9. The van der Waals surface area contributed by atoms with Gasteiger partial charge in [0.2, 0.25) is 0 Å². The van der Waals surface area contributed by atoms with Gasteiger partial charge in [0.1, 0.15) is 11.6 Å². The number of rotatable bonds is 2. The number of hydrogen-bond acceptors (Lipinski definition) is 4. The highest BCUT2D eigenvalue weighted by Crippen LogP contribution is 2.37. The summed E-state index contributed by atoms with van der Waals surface area (Å²) >= 11 is 0. The standard InChI is InChI=1S/C19H26N2O3/c1-19(2,3)24-18(23)21-15-12-8-7-11-14(15)16(17(21)22)20-13-9-5-4-6-10-13/h7-8,11-13,16,20H,4-6,9-10H2,1-3H3. The van der Waals surface area contributed by atoms with Crippen LogP contribution in [-0.2, 0) is 9.53 Å². The Bertz CT molecular complexity index is 630. The molecule has 1 saturated carbocycles. The van der Waals surface area contributed by atoms with Crippen molar-refractivity contribution in [2.45, 2.75) is 70.6 Å². The molecule has 1 aromatic rings. The zero-order valence-electron chi connectivity index (χ0n) is 14.7. The van der Waals surface area contributed by atoms with Crippen LogP contribution in [0.15, 0.2) is 24.3 Å². The normalized spacial score (nSPS) is 21.7. The van der Waals surface area contributed by atoms with Gasteiger partial charge in [-0.3, -0.25) is 10.1 Å². The van der Waals surface area contributed by atoms with E-state index in [2.05, 4.69) is 5.32 Å². The molecule has 0 aromatic heterocycles. The third-order valence-corrected chi connectivity index (χ3v) is 4.54. The van der Waals surface area contributed by atoms with Gasteiger partial charge in [0, 0.05) is 11.6 Å². The molecule has 3 rings (SSSR count). The molecule has 1 atom stereocenters. The predicted molar refractivity (Wildman–Crippen MR) is 92.9 cm³/mol. The van der Waals surface area contributed by atoms with Crippen LogP contribution < -0.4 is 10.2 Å². The number of carbonyl (C=O) groups excluding carboxylic acids is 2. The van der Waals surface area contributed by atoms with Gasteiger partial charge in [0.15, 0.2) is 0 Å². The van der Waals surface area contributed by atoms with E-state index in [0.717, 1.165) is 18.4 Å². The van der Waals surface area contributed by atoms with E-state index in [1.807, 2.05) is 18.2 Å². The summed E-state index contributed by atoms with van der Waals surface area (Å²) in [6, 6.07) is 7.33. The lowest BCUT2D eigenvalue weighted by Gasteiger charge is -2.26.